The third kappa shape index (κ3) is 5.49. The van der Waals surface area contributed by atoms with Crippen LogP contribution in [0.25, 0.3) is 6.08 Å². The maximum Gasteiger partial charge on any atom is 0.337 e. The average molecular weight is 504 g/mol. The van der Waals surface area contributed by atoms with E-state index in [4.69, 9.17) is 9.47 Å². The number of benzene rings is 1. The molecule has 8 heteroatoms. The van der Waals surface area contributed by atoms with E-state index in [9.17, 15) is 9.59 Å². The maximum atomic E-state index is 13.3. The zero-order valence-corrected chi connectivity index (χ0v) is 21.6. The third-order valence-corrected chi connectivity index (χ3v) is 7.16. The summed E-state index contributed by atoms with van der Waals surface area (Å²) in [5.41, 5.74) is 5.37. The predicted octanol–water partition coefficient (Wildman–Crippen LogP) is 4.97. The lowest BCUT2D eigenvalue weighted by Crippen LogP contribution is -2.32. The molecule has 1 aliphatic heterocycles. The van der Waals surface area contributed by atoms with Crippen molar-refractivity contribution in [3.05, 3.63) is 105 Å². The largest absolute Gasteiger partial charge is 0.466 e. The molecule has 4 rings (SSSR count). The van der Waals surface area contributed by atoms with Crippen LogP contribution in [0, 0.1) is 6.92 Å². The van der Waals surface area contributed by atoms with E-state index in [1.54, 1.807) is 12.5 Å². The number of imidazole rings is 1. The molecule has 1 N–H and O–H groups in total. The Hall–Kier alpha value is -3.91. The van der Waals surface area contributed by atoms with Crippen LogP contribution in [-0.2, 0) is 25.6 Å². The fraction of sp³-hybridized carbons (Fsp3) is 0.250. The van der Waals surface area contributed by atoms with E-state index in [0.717, 1.165) is 22.5 Å². The Kier molecular flexibility index (Phi) is 7.85. The van der Waals surface area contributed by atoms with Crippen molar-refractivity contribution in [3.8, 4) is 0 Å². The quantitative estimate of drug-likeness (QED) is 0.437. The Balaban J connectivity index is 1.46. The first kappa shape index (κ1) is 25.2. The molecule has 0 amide bonds. The minimum Gasteiger partial charge on any atom is -0.466 e. The first-order chi connectivity index (χ1) is 17.4. The molecule has 0 fully saturated rings. The zero-order chi connectivity index (χ0) is 25.7. The Labute approximate surface area is 214 Å². The van der Waals surface area contributed by atoms with E-state index in [-0.39, 0.29) is 6.61 Å². The smallest absolute Gasteiger partial charge is 0.337 e. The van der Waals surface area contributed by atoms with Crippen molar-refractivity contribution in [1.29, 1.82) is 0 Å². The van der Waals surface area contributed by atoms with Crippen LogP contribution in [0.1, 0.15) is 41.3 Å². The van der Waals surface area contributed by atoms with Crippen molar-refractivity contribution in [3.63, 3.8) is 0 Å². The van der Waals surface area contributed by atoms with Gasteiger partial charge in [0.2, 0.25) is 0 Å². The summed E-state index contributed by atoms with van der Waals surface area (Å²) in [6.45, 7) is 6.48. The first-order valence-electron chi connectivity index (χ1n) is 11.6. The molecule has 0 spiro atoms. The number of esters is 2. The van der Waals surface area contributed by atoms with Gasteiger partial charge in [-0.15, -0.1) is 11.3 Å². The Morgan fingerprint density at radius 3 is 2.42 bits per heavy atom. The third-order valence-electron chi connectivity index (χ3n) is 6.07. The van der Waals surface area contributed by atoms with E-state index >= 15 is 0 Å². The van der Waals surface area contributed by atoms with Crippen LogP contribution in [0.15, 0.2) is 83.0 Å². The normalized spacial score (nSPS) is 15.8. The molecule has 1 unspecified atom stereocenters. The number of nitrogens with zero attached hydrogens (tertiary/aromatic N) is 2. The fourth-order valence-corrected chi connectivity index (χ4v) is 5.34. The molecule has 1 aromatic carbocycles. The molecule has 0 saturated carbocycles. The molecular weight excluding hydrogens is 474 g/mol. The van der Waals surface area contributed by atoms with E-state index in [1.165, 1.54) is 24.0 Å². The number of carbonyl (C=O) groups excluding carboxylic acids is 2. The lowest BCUT2D eigenvalue weighted by atomic mass is 9.83. The summed E-state index contributed by atoms with van der Waals surface area (Å²) in [6, 6.07) is 10.1. The van der Waals surface area contributed by atoms with Crippen LogP contribution < -0.4 is 5.32 Å². The second-order valence-electron chi connectivity index (χ2n) is 8.57. The van der Waals surface area contributed by atoms with Crippen LogP contribution in [-0.4, -0.2) is 35.2 Å². The molecule has 0 aliphatic carbocycles. The predicted molar refractivity (Wildman–Crippen MR) is 140 cm³/mol. The molecule has 1 aliphatic rings. The van der Waals surface area contributed by atoms with Crippen LogP contribution in [0.3, 0.4) is 0 Å². The van der Waals surface area contributed by atoms with Gasteiger partial charge in [-0.3, -0.25) is 0 Å². The Morgan fingerprint density at radius 2 is 1.81 bits per heavy atom. The number of hydrogen-bond acceptors (Lipinski definition) is 7. The second-order valence-corrected chi connectivity index (χ2v) is 9.52. The zero-order valence-electron chi connectivity index (χ0n) is 20.8. The Morgan fingerprint density at radius 1 is 1.08 bits per heavy atom. The highest BCUT2D eigenvalue weighted by atomic mass is 32.1. The standard InChI is InChI=1S/C28H29N3O4S/c1-18-11-15-36-26(18)25-23(27(32)34-4)19(2)30-20(3)24(25)28(33)35-14-5-6-21-7-9-22(10-8-21)16-31-13-12-29-17-31/h5-13,15,17,25,30H,14,16H2,1-4H3. The van der Waals surface area contributed by atoms with Crippen molar-refractivity contribution >= 4 is 29.4 Å². The number of nitrogens with one attached hydrogen (secondary N) is 1. The van der Waals surface area contributed by atoms with Gasteiger partial charge < -0.3 is 19.4 Å². The lowest BCUT2D eigenvalue weighted by molar-refractivity contribution is -0.138. The minimum atomic E-state index is -0.543. The van der Waals surface area contributed by atoms with E-state index in [0.29, 0.717) is 22.5 Å². The molecule has 7 nitrogen and oxygen atoms in total. The summed E-state index contributed by atoms with van der Waals surface area (Å²) in [5, 5.41) is 5.12. The number of thiophene rings is 1. The molecule has 1 atom stereocenters. The van der Waals surface area contributed by atoms with Gasteiger partial charge in [-0.1, -0.05) is 30.3 Å². The molecule has 186 valence electrons. The second kappa shape index (κ2) is 11.2. The van der Waals surface area contributed by atoms with E-state index < -0.39 is 17.9 Å². The van der Waals surface area contributed by atoms with Gasteiger partial charge >= 0.3 is 11.9 Å². The van der Waals surface area contributed by atoms with Crippen molar-refractivity contribution in [2.45, 2.75) is 33.2 Å². The van der Waals surface area contributed by atoms with Gasteiger partial charge in [0.25, 0.3) is 0 Å². The highest BCUT2D eigenvalue weighted by molar-refractivity contribution is 7.10. The van der Waals surface area contributed by atoms with Crippen LogP contribution >= 0.6 is 11.3 Å². The van der Waals surface area contributed by atoms with Gasteiger partial charge in [0.1, 0.15) is 6.61 Å². The molecule has 0 radical (unpaired) electrons. The summed E-state index contributed by atoms with van der Waals surface area (Å²) in [6.07, 6.45) is 9.20. The number of rotatable bonds is 8. The summed E-state index contributed by atoms with van der Waals surface area (Å²) < 4.78 is 12.7. The number of aryl methyl sites for hydroxylation is 1. The topological polar surface area (TPSA) is 82.5 Å². The summed E-state index contributed by atoms with van der Waals surface area (Å²) in [4.78, 5) is 30.9. The summed E-state index contributed by atoms with van der Waals surface area (Å²) >= 11 is 1.51. The number of hydrogen-bond donors (Lipinski definition) is 1. The van der Waals surface area contributed by atoms with Gasteiger partial charge in [-0.05, 0) is 55.0 Å². The number of ether oxygens (including phenoxy) is 2. The molecule has 3 heterocycles. The number of aromatic nitrogens is 2. The summed E-state index contributed by atoms with van der Waals surface area (Å²) in [5.74, 6) is -1.47. The number of dihydropyridines is 1. The van der Waals surface area contributed by atoms with Crippen LogP contribution in [0.5, 0.6) is 0 Å². The SMILES string of the molecule is COC(=O)C1=C(C)NC(C)=C(C(=O)OCC=Cc2ccc(Cn3ccnc3)cc2)C1c1sccc1C. The molecule has 0 bridgehead atoms. The number of carbonyl (C=O) groups is 2. The van der Waals surface area contributed by atoms with Gasteiger partial charge in [0, 0.05) is 35.2 Å². The van der Waals surface area contributed by atoms with Gasteiger partial charge in [-0.2, -0.15) is 0 Å². The molecule has 0 saturated heterocycles. The van der Waals surface area contributed by atoms with Crippen molar-refractivity contribution < 1.29 is 19.1 Å². The van der Waals surface area contributed by atoms with Gasteiger partial charge in [-0.25, -0.2) is 14.6 Å². The molecule has 2 aromatic heterocycles. The first-order valence-corrected chi connectivity index (χ1v) is 12.5. The fourth-order valence-electron chi connectivity index (χ4n) is 4.30. The maximum absolute atomic E-state index is 13.3. The lowest BCUT2D eigenvalue weighted by Gasteiger charge is -2.29. The minimum absolute atomic E-state index is 0.110. The highest BCUT2D eigenvalue weighted by Crippen LogP contribution is 2.42. The Bertz CT molecular complexity index is 1330. The van der Waals surface area contributed by atoms with Crippen molar-refractivity contribution in [2.24, 2.45) is 0 Å². The monoisotopic (exact) mass is 503 g/mol. The van der Waals surface area contributed by atoms with E-state index in [1.807, 2.05) is 67.3 Å². The average Bonchev–Trinajstić information content (AvgIpc) is 3.53. The van der Waals surface area contributed by atoms with Crippen LogP contribution in [0.4, 0.5) is 0 Å². The summed E-state index contributed by atoms with van der Waals surface area (Å²) in [7, 11) is 1.35. The highest BCUT2D eigenvalue weighted by Gasteiger charge is 2.39. The van der Waals surface area contributed by atoms with Crippen molar-refractivity contribution in [2.75, 3.05) is 13.7 Å². The molecule has 36 heavy (non-hydrogen) atoms. The number of allylic oxidation sites excluding steroid dienone is 2. The van der Waals surface area contributed by atoms with Gasteiger partial charge in [0.15, 0.2) is 0 Å². The van der Waals surface area contributed by atoms with Crippen LogP contribution in [0.2, 0.25) is 0 Å². The molecular formula is C28H29N3O4S. The van der Waals surface area contributed by atoms with Gasteiger partial charge in [0.05, 0.1) is 30.5 Å². The van der Waals surface area contributed by atoms with E-state index in [2.05, 4.69) is 22.4 Å². The van der Waals surface area contributed by atoms with Crippen molar-refractivity contribution in [1.82, 2.24) is 14.9 Å². The molecule has 3 aromatic rings. The number of methoxy groups -OCH3 is 1.